The Hall–Kier alpha value is -2.04. The highest BCUT2D eigenvalue weighted by Gasteiger charge is 2.35. The zero-order chi connectivity index (χ0) is 15.2. The molecule has 1 fully saturated rings. The van der Waals surface area contributed by atoms with Crippen LogP contribution in [-0.4, -0.2) is 39.5 Å². The van der Waals surface area contributed by atoms with Crippen LogP contribution in [0.3, 0.4) is 0 Å². The molecule has 0 saturated carbocycles. The molecule has 5 heteroatoms. The van der Waals surface area contributed by atoms with Gasteiger partial charge in [-0.05, 0) is 33.8 Å². The number of carbonyl (C=O) groups is 1. The van der Waals surface area contributed by atoms with Crippen molar-refractivity contribution in [1.29, 1.82) is 0 Å². The summed E-state index contributed by atoms with van der Waals surface area (Å²) in [6, 6.07) is 8.43. The number of amides is 1. The third-order valence-corrected chi connectivity index (χ3v) is 3.66. The molecule has 0 radical (unpaired) electrons. The fourth-order valence-electron chi connectivity index (χ4n) is 2.61. The van der Waals surface area contributed by atoms with Crippen LogP contribution >= 0.6 is 0 Å². The Morgan fingerprint density at radius 2 is 1.95 bits per heavy atom. The van der Waals surface area contributed by atoms with Crippen molar-refractivity contribution in [2.24, 2.45) is 0 Å². The molecule has 1 aromatic heterocycles. The average Bonchev–Trinajstić information content (AvgIpc) is 2.64. The van der Waals surface area contributed by atoms with Gasteiger partial charge < -0.3 is 9.64 Å². The van der Waals surface area contributed by atoms with E-state index in [-0.39, 0.29) is 12.1 Å². The lowest BCUT2D eigenvalue weighted by atomic mass is 10.1. The van der Waals surface area contributed by atoms with E-state index in [1.54, 1.807) is 4.90 Å². The van der Waals surface area contributed by atoms with Gasteiger partial charge in [-0.3, -0.25) is 4.68 Å². The predicted molar refractivity (Wildman–Crippen MR) is 81.3 cm³/mol. The number of aromatic nitrogens is 2. The maximum Gasteiger partial charge on any atom is 0.410 e. The van der Waals surface area contributed by atoms with E-state index in [4.69, 9.17) is 4.74 Å². The van der Waals surface area contributed by atoms with Crippen LogP contribution in [0, 0.1) is 6.92 Å². The first-order chi connectivity index (χ1) is 9.85. The van der Waals surface area contributed by atoms with Gasteiger partial charge in [-0.25, -0.2) is 4.79 Å². The lowest BCUT2D eigenvalue weighted by Crippen LogP contribution is -2.52. The Morgan fingerprint density at radius 3 is 2.62 bits per heavy atom. The molecule has 0 N–H and O–H groups in total. The van der Waals surface area contributed by atoms with E-state index in [2.05, 4.69) is 17.2 Å². The van der Waals surface area contributed by atoms with Gasteiger partial charge in [0.2, 0.25) is 0 Å². The van der Waals surface area contributed by atoms with Crippen LogP contribution in [0.1, 0.15) is 32.5 Å². The monoisotopic (exact) mass is 287 g/mol. The number of likely N-dealkylation sites (tertiary alicyclic amines) is 1. The molecule has 21 heavy (non-hydrogen) atoms. The van der Waals surface area contributed by atoms with Gasteiger partial charge in [0.15, 0.2) is 0 Å². The second-order valence-electron chi connectivity index (χ2n) is 6.59. The molecular formula is C16H21N3O2. The van der Waals surface area contributed by atoms with Gasteiger partial charge in [0.1, 0.15) is 5.60 Å². The van der Waals surface area contributed by atoms with Gasteiger partial charge in [-0.15, -0.1) is 0 Å². The lowest BCUT2D eigenvalue weighted by Gasteiger charge is -2.39. The molecule has 0 unspecified atom stereocenters. The van der Waals surface area contributed by atoms with E-state index in [9.17, 15) is 4.79 Å². The number of rotatable bonds is 1. The maximum absolute atomic E-state index is 12.0. The number of hydrogen-bond donors (Lipinski definition) is 0. The molecule has 0 spiro atoms. The van der Waals surface area contributed by atoms with E-state index in [1.165, 1.54) is 5.39 Å². The molecule has 2 heterocycles. The van der Waals surface area contributed by atoms with Crippen LogP contribution in [0.4, 0.5) is 4.79 Å². The molecule has 112 valence electrons. The number of para-hydroxylation sites is 1. The minimum atomic E-state index is -0.447. The summed E-state index contributed by atoms with van der Waals surface area (Å²) in [6.45, 7) is 8.97. The van der Waals surface area contributed by atoms with Gasteiger partial charge >= 0.3 is 6.09 Å². The van der Waals surface area contributed by atoms with Crippen molar-refractivity contribution in [2.75, 3.05) is 13.1 Å². The third kappa shape index (κ3) is 2.60. The summed E-state index contributed by atoms with van der Waals surface area (Å²) >= 11 is 0. The number of fused-ring (bicyclic) bond motifs is 1. The van der Waals surface area contributed by atoms with Crippen LogP contribution in [-0.2, 0) is 4.74 Å². The van der Waals surface area contributed by atoms with E-state index in [0.717, 1.165) is 11.2 Å². The third-order valence-electron chi connectivity index (χ3n) is 3.66. The molecule has 0 bridgehead atoms. The normalized spacial score (nSPS) is 16.1. The average molecular weight is 287 g/mol. The molecule has 1 saturated heterocycles. The summed E-state index contributed by atoms with van der Waals surface area (Å²) in [5, 5.41) is 5.79. The second kappa shape index (κ2) is 4.76. The predicted octanol–water partition coefficient (Wildman–Crippen LogP) is 3.14. The largest absolute Gasteiger partial charge is 0.444 e. The maximum atomic E-state index is 12.0. The van der Waals surface area contributed by atoms with Crippen molar-refractivity contribution < 1.29 is 9.53 Å². The highest BCUT2D eigenvalue weighted by Crippen LogP contribution is 2.28. The number of carbonyl (C=O) groups excluding carboxylic acids is 1. The molecule has 2 aromatic rings. The Bertz CT molecular complexity index is 678. The summed E-state index contributed by atoms with van der Waals surface area (Å²) in [5.41, 5.74) is 1.71. The smallest absolute Gasteiger partial charge is 0.410 e. The molecule has 1 aliphatic rings. The van der Waals surface area contributed by atoms with Gasteiger partial charge in [-0.1, -0.05) is 18.2 Å². The number of benzene rings is 1. The lowest BCUT2D eigenvalue weighted by molar-refractivity contribution is 0.000137. The quantitative estimate of drug-likeness (QED) is 0.809. The van der Waals surface area contributed by atoms with Crippen LogP contribution < -0.4 is 0 Å². The fraction of sp³-hybridized carbons (Fsp3) is 0.500. The second-order valence-corrected chi connectivity index (χ2v) is 6.59. The van der Waals surface area contributed by atoms with E-state index >= 15 is 0 Å². The first-order valence-corrected chi connectivity index (χ1v) is 7.27. The summed E-state index contributed by atoms with van der Waals surface area (Å²) in [6.07, 6.45) is -0.244. The molecule has 1 aliphatic heterocycles. The van der Waals surface area contributed by atoms with E-state index in [0.29, 0.717) is 13.1 Å². The minimum Gasteiger partial charge on any atom is -0.444 e. The molecule has 3 rings (SSSR count). The molecule has 5 nitrogen and oxygen atoms in total. The summed E-state index contributed by atoms with van der Waals surface area (Å²) in [7, 11) is 0. The first kappa shape index (κ1) is 13.9. The molecule has 1 aromatic carbocycles. The van der Waals surface area contributed by atoms with Gasteiger partial charge in [0.05, 0.1) is 17.3 Å². The van der Waals surface area contributed by atoms with Crippen LogP contribution in [0.2, 0.25) is 0 Å². The highest BCUT2D eigenvalue weighted by molar-refractivity contribution is 5.82. The van der Waals surface area contributed by atoms with Crippen molar-refractivity contribution in [2.45, 2.75) is 39.3 Å². The minimum absolute atomic E-state index is 0.233. The number of hydrogen-bond acceptors (Lipinski definition) is 3. The molecule has 0 aliphatic carbocycles. The topological polar surface area (TPSA) is 47.4 Å². The number of aryl methyl sites for hydroxylation is 1. The molecular weight excluding hydrogens is 266 g/mol. The van der Waals surface area contributed by atoms with Crippen molar-refractivity contribution in [1.82, 2.24) is 14.7 Å². The number of nitrogens with zero attached hydrogens (tertiary/aromatic N) is 3. The summed E-state index contributed by atoms with van der Waals surface area (Å²) in [4.78, 5) is 13.7. The Kier molecular flexibility index (Phi) is 3.15. The van der Waals surface area contributed by atoms with Crippen molar-refractivity contribution in [3.05, 3.63) is 30.0 Å². The van der Waals surface area contributed by atoms with Gasteiger partial charge in [-0.2, -0.15) is 5.10 Å². The molecule has 1 amide bonds. The Morgan fingerprint density at radius 1 is 1.29 bits per heavy atom. The van der Waals surface area contributed by atoms with Crippen molar-refractivity contribution in [3.8, 4) is 0 Å². The fourth-order valence-corrected chi connectivity index (χ4v) is 2.61. The van der Waals surface area contributed by atoms with Crippen molar-refractivity contribution >= 4 is 17.0 Å². The van der Waals surface area contributed by atoms with Gasteiger partial charge in [0, 0.05) is 18.5 Å². The standard InChI is InChI=1S/C16H21N3O2/c1-11-13-7-5-6-8-14(13)19(17-11)12-9-18(10-12)15(20)21-16(2,3)4/h5-8,12H,9-10H2,1-4H3. The van der Waals surface area contributed by atoms with Crippen molar-refractivity contribution in [3.63, 3.8) is 0 Å². The first-order valence-electron chi connectivity index (χ1n) is 7.27. The van der Waals surface area contributed by atoms with Crippen LogP contribution in [0.25, 0.3) is 10.9 Å². The van der Waals surface area contributed by atoms with E-state index in [1.807, 2.05) is 44.5 Å². The highest BCUT2D eigenvalue weighted by atomic mass is 16.6. The van der Waals surface area contributed by atoms with Gasteiger partial charge in [0.25, 0.3) is 0 Å². The van der Waals surface area contributed by atoms with Crippen LogP contribution in [0.15, 0.2) is 24.3 Å². The Balaban J connectivity index is 1.72. The zero-order valence-electron chi connectivity index (χ0n) is 13.0. The Labute approximate surface area is 124 Å². The zero-order valence-corrected chi connectivity index (χ0v) is 13.0. The summed E-state index contributed by atoms with van der Waals surface area (Å²) in [5.74, 6) is 0. The SMILES string of the molecule is Cc1nn(C2CN(C(=O)OC(C)(C)C)C2)c2ccccc12. The molecule has 0 atom stereocenters. The number of ether oxygens (including phenoxy) is 1. The van der Waals surface area contributed by atoms with Crippen LogP contribution in [0.5, 0.6) is 0 Å². The van der Waals surface area contributed by atoms with E-state index < -0.39 is 5.60 Å². The summed E-state index contributed by atoms with van der Waals surface area (Å²) < 4.78 is 7.41.